The van der Waals surface area contributed by atoms with E-state index in [0.717, 1.165) is 12.0 Å². The molecular weight excluding hydrogens is 205 g/mol. The van der Waals surface area contributed by atoms with Crippen LogP contribution >= 0.6 is 23.2 Å². The predicted molar refractivity (Wildman–Crippen MR) is 57.4 cm³/mol. The minimum Gasteiger partial charge on any atom is -0.224 e. The molecular formula is C10H13Cl2N. The number of rotatable bonds is 1. The van der Waals surface area contributed by atoms with Gasteiger partial charge in [0.15, 0.2) is 0 Å². The molecule has 1 aromatic rings. The lowest BCUT2D eigenvalue weighted by Crippen LogP contribution is -2.09. The maximum Gasteiger partial charge on any atom is 0.134 e. The number of aromatic nitrogens is 1. The molecule has 3 heteroatoms. The number of nitrogens with zero attached hydrogens (tertiary/aromatic N) is 1. The molecule has 1 rings (SSSR count). The van der Waals surface area contributed by atoms with Crippen LogP contribution in [0.25, 0.3) is 0 Å². The van der Waals surface area contributed by atoms with Gasteiger partial charge in [-0.1, -0.05) is 50.0 Å². The standard InChI is InChI=1S/C10H13Cl2N/c1-10(2,3)6-7-4-5-8(11)13-9(7)12/h4-5H,6H2,1-3H3. The van der Waals surface area contributed by atoms with Gasteiger partial charge in [-0.25, -0.2) is 4.98 Å². The normalized spacial score (nSPS) is 11.8. The average Bonchev–Trinajstić information content (AvgIpc) is 1.93. The smallest absolute Gasteiger partial charge is 0.134 e. The van der Waals surface area contributed by atoms with Gasteiger partial charge in [0.05, 0.1) is 0 Å². The summed E-state index contributed by atoms with van der Waals surface area (Å²) in [6, 6.07) is 3.71. The van der Waals surface area contributed by atoms with Crippen LogP contribution in [0.4, 0.5) is 0 Å². The molecule has 0 amide bonds. The number of pyridine rings is 1. The second kappa shape index (κ2) is 3.85. The Labute approximate surface area is 89.1 Å². The SMILES string of the molecule is CC(C)(C)Cc1ccc(Cl)nc1Cl. The maximum atomic E-state index is 5.94. The van der Waals surface area contributed by atoms with Crippen molar-refractivity contribution in [3.05, 3.63) is 28.0 Å². The Morgan fingerprint density at radius 3 is 2.31 bits per heavy atom. The summed E-state index contributed by atoms with van der Waals surface area (Å²) in [7, 11) is 0. The summed E-state index contributed by atoms with van der Waals surface area (Å²) in [6.07, 6.45) is 0.913. The number of hydrogen-bond donors (Lipinski definition) is 0. The topological polar surface area (TPSA) is 12.9 Å². The molecule has 0 aromatic carbocycles. The summed E-state index contributed by atoms with van der Waals surface area (Å²) >= 11 is 11.6. The van der Waals surface area contributed by atoms with Crippen LogP contribution < -0.4 is 0 Å². The highest BCUT2D eigenvalue weighted by Gasteiger charge is 2.14. The molecule has 72 valence electrons. The fourth-order valence-corrected chi connectivity index (χ4v) is 1.56. The molecule has 1 nitrogen and oxygen atoms in total. The molecule has 0 unspecified atom stereocenters. The van der Waals surface area contributed by atoms with Crippen molar-refractivity contribution in [3.8, 4) is 0 Å². The lowest BCUT2D eigenvalue weighted by Gasteiger charge is -2.18. The summed E-state index contributed by atoms with van der Waals surface area (Å²) in [5, 5.41) is 0.963. The van der Waals surface area contributed by atoms with E-state index in [9.17, 15) is 0 Å². The highest BCUT2D eigenvalue weighted by atomic mass is 35.5. The van der Waals surface area contributed by atoms with Gasteiger partial charge in [-0.05, 0) is 23.5 Å². The number of hydrogen-bond acceptors (Lipinski definition) is 1. The van der Waals surface area contributed by atoms with Crippen molar-refractivity contribution in [2.45, 2.75) is 27.2 Å². The lowest BCUT2D eigenvalue weighted by atomic mass is 9.89. The quantitative estimate of drug-likeness (QED) is 0.649. The van der Waals surface area contributed by atoms with Gasteiger partial charge < -0.3 is 0 Å². The monoisotopic (exact) mass is 217 g/mol. The van der Waals surface area contributed by atoms with Gasteiger partial charge in [-0.15, -0.1) is 0 Å². The van der Waals surface area contributed by atoms with E-state index in [4.69, 9.17) is 23.2 Å². The molecule has 0 aliphatic carbocycles. The average molecular weight is 218 g/mol. The van der Waals surface area contributed by atoms with E-state index in [1.54, 1.807) is 6.07 Å². The summed E-state index contributed by atoms with van der Waals surface area (Å²) in [4.78, 5) is 3.99. The minimum atomic E-state index is 0.221. The van der Waals surface area contributed by atoms with E-state index in [-0.39, 0.29) is 5.41 Å². The van der Waals surface area contributed by atoms with Crippen LogP contribution in [0.3, 0.4) is 0 Å². The molecule has 0 fully saturated rings. The molecule has 1 aromatic heterocycles. The molecule has 0 aliphatic rings. The van der Waals surface area contributed by atoms with Gasteiger partial charge in [-0.2, -0.15) is 0 Å². The minimum absolute atomic E-state index is 0.221. The van der Waals surface area contributed by atoms with Crippen LogP contribution in [0.5, 0.6) is 0 Å². The van der Waals surface area contributed by atoms with Crippen molar-refractivity contribution in [1.29, 1.82) is 0 Å². The van der Waals surface area contributed by atoms with Crippen molar-refractivity contribution in [1.82, 2.24) is 4.98 Å². The van der Waals surface area contributed by atoms with Crippen molar-refractivity contribution >= 4 is 23.2 Å². The Balaban J connectivity index is 2.90. The summed E-state index contributed by atoms with van der Waals surface area (Å²) in [6.45, 7) is 6.49. The Bertz CT molecular complexity index is 302. The Morgan fingerprint density at radius 2 is 1.85 bits per heavy atom. The zero-order valence-electron chi connectivity index (χ0n) is 8.06. The summed E-state index contributed by atoms with van der Waals surface area (Å²) < 4.78 is 0. The molecule has 0 saturated heterocycles. The van der Waals surface area contributed by atoms with Crippen LogP contribution in [0.15, 0.2) is 12.1 Å². The van der Waals surface area contributed by atoms with E-state index < -0.39 is 0 Å². The third kappa shape index (κ3) is 3.53. The van der Waals surface area contributed by atoms with Gasteiger partial charge in [0.2, 0.25) is 0 Å². The van der Waals surface area contributed by atoms with Gasteiger partial charge in [0.25, 0.3) is 0 Å². The molecule has 0 radical (unpaired) electrons. The zero-order chi connectivity index (χ0) is 10.1. The molecule has 1 heterocycles. The molecule has 0 saturated carbocycles. The molecule has 0 atom stereocenters. The van der Waals surface area contributed by atoms with Crippen LogP contribution in [-0.4, -0.2) is 4.98 Å². The van der Waals surface area contributed by atoms with Gasteiger partial charge >= 0.3 is 0 Å². The first-order valence-electron chi connectivity index (χ1n) is 4.19. The van der Waals surface area contributed by atoms with Gasteiger partial charge in [0, 0.05) is 0 Å². The summed E-state index contributed by atoms with van der Waals surface area (Å²) in [5.41, 5.74) is 1.28. The highest BCUT2D eigenvalue weighted by Crippen LogP contribution is 2.25. The zero-order valence-corrected chi connectivity index (χ0v) is 9.58. The molecule has 0 spiro atoms. The second-order valence-electron chi connectivity index (χ2n) is 4.32. The van der Waals surface area contributed by atoms with Crippen LogP contribution in [0.1, 0.15) is 26.3 Å². The molecule has 0 bridgehead atoms. The van der Waals surface area contributed by atoms with Crippen molar-refractivity contribution in [2.75, 3.05) is 0 Å². The van der Waals surface area contributed by atoms with E-state index >= 15 is 0 Å². The Hall–Kier alpha value is -0.270. The predicted octanol–water partition coefficient (Wildman–Crippen LogP) is 3.98. The van der Waals surface area contributed by atoms with Gasteiger partial charge in [0.1, 0.15) is 10.3 Å². The van der Waals surface area contributed by atoms with E-state index in [1.165, 1.54) is 0 Å². The van der Waals surface area contributed by atoms with E-state index in [0.29, 0.717) is 10.3 Å². The highest BCUT2D eigenvalue weighted by molar-refractivity contribution is 6.32. The summed E-state index contributed by atoms with van der Waals surface area (Å²) in [5.74, 6) is 0. The number of halogens is 2. The molecule has 0 aliphatic heterocycles. The Kier molecular flexibility index (Phi) is 3.20. The molecule has 13 heavy (non-hydrogen) atoms. The van der Waals surface area contributed by atoms with Crippen molar-refractivity contribution < 1.29 is 0 Å². The fourth-order valence-electron chi connectivity index (χ4n) is 1.14. The first-order valence-corrected chi connectivity index (χ1v) is 4.95. The lowest BCUT2D eigenvalue weighted by molar-refractivity contribution is 0.411. The van der Waals surface area contributed by atoms with Crippen molar-refractivity contribution in [2.24, 2.45) is 5.41 Å². The van der Waals surface area contributed by atoms with E-state index in [2.05, 4.69) is 25.8 Å². The first-order chi connectivity index (χ1) is 5.88. The third-order valence-corrected chi connectivity index (χ3v) is 2.15. The fraction of sp³-hybridized carbons (Fsp3) is 0.500. The second-order valence-corrected chi connectivity index (χ2v) is 5.07. The van der Waals surface area contributed by atoms with Crippen molar-refractivity contribution in [3.63, 3.8) is 0 Å². The Morgan fingerprint density at radius 1 is 1.23 bits per heavy atom. The van der Waals surface area contributed by atoms with Crippen LogP contribution in [-0.2, 0) is 6.42 Å². The van der Waals surface area contributed by atoms with Crippen LogP contribution in [0.2, 0.25) is 10.3 Å². The molecule has 0 N–H and O–H groups in total. The first kappa shape index (κ1) is 10.8. The third-order valence-electron chi connectivity index (χ3n) is 1.61. The largest absolute Gasteiger partial charge is 0.224 e. The maximum absolute atomic E-state index is 5.94. The van der Waals surface area contributed by atoms with Gasteiger partial charge in [-0.3, -0.25) is 0 Å². The van der Waals surface area contributed by atoms with E-state index in [1.807, 2.05) is 6.07 Å². The van der Waals surface area contributed by atoms with Crippen LogP contribution in [0, 0.1) is 5.41 Å².